The summed E-state index contributed by atoms with van der Waals surface area (Å²) in [5.74, 6) is 0. The molecule has 122 valence electrons. The molecule has 1 heterocycles. The average Bonchev–Trinajstić information content (AvgIpc) is 2.94. The van der Waals surface area contributed by atoms with Gasteiger partial charge in [0, 0.05) is 11.9 Å². The van der Waals surface area contributed by atoms with Crippen molar-refractivity contribution in [2.75, 3.05) is 10.6 Å². The van der Waals surface area contributed by atoms with Gasteiger partial charge in [-0.3, -0.25) is 4.68 Å². The van der Waals surface area contributed by atoms with Crippen molar-refractivity contribution in [3.8, 4) is 0 Å². The summed E-state index contributed by atoms with van der Waals surface area (Å²) in [4.78, 5) is 12.0. The van der Waals surface area contributed by atoms with Gasteiger partial charge in [-0.1, -0.05) is 42.0 Å². The van der Waals surface area contributed by atoms with E-state index in [9.17, 15) is 4.79 Å². The molecule has 2 aromatic carbocycles. The van der Waals surface area contributed by atoms with Gasteiger partial charge in [0.2, 0.25) is 0 Å². The van der Waals surface area contributed by atoms with Crippen molar-refractivity contribution in [1.82, 2.24) is 9.78 Å². The van der Waals surface area contributed by atoms with Crippen LogP contribution in [0.15, 0.2) is 60.9 Å². The van der Waals surface area contributed by atoms with Crippen molar-refractivity contribution < 1.29 is 4.79 Å². The van der Waals surface area contributed by atoms with E-state index in [2.05, 4.69) is 40.9 Å². The van der Waals surface area contributed by atoms with Gasteiger partial charge in [-0.25, -0.2) is 4.79 Å². The number of rotatable bonds is 4. The third kappa shape index (κ3) is 4.23. The smallest absolute Gasteiger partial charge is 0.308 e. The number of carbonyl (C=O) groups excluding carboxylic acids is 1. The number of benzene rings is 2. The van der Waals surface area contributed by atoms with Crippen LogP contribution in [-0.2, 0) is 6.54 Å². The second kappa shape index (κ2) is 7.00. The lowest BCUT2D eigenvalue weighted by atomic mass is 10.1. The van der Waals surface area contributed by atoms with Gasteiger partial charge in [0.1, 0.15) is 0 Å². The molecule has 3 aromatic rings. The molecule has 5 nitrogen and oxygen atoms in total. The number of hydrogen-bond acceptors (Lipinski definition) is 2. The number of amides is 2. The molecular weight excluding hydrogens is 300 g/mol. The molecule has 0 aliphatic heterocycles. The van der Waals surface area contributed by atoms with E-state index in [1.165, 1.54) is 11.1 Å². The van der Waals surface area contributed by atoms with Crippen molar-refractivity contribution in [2.24, 2.45) is 0 Å². The Labute approximate surface area is 141 Å². The summed E-state index contributed by atoms with van der Waals surface area (Å²) in [7, 11) is 0. The van der Waals surface area contributed by atoms with E-state index < -0.39 is 0 Å². The largest absolute Gasteiger partial charge is 0.323 e. The highest BCUT2D eigenvalue weighted by Crippen LogP contribution is 2.12. The Morgan fingerprint density at radius 3 is 2.46 bits per heavy atom. The van der Waals surface area contributed by atoms with Crippen molar-refractivity contribution >= 4 is 17.4 Å². The highest BCUT2D eigenvalue weighted by molar-refractivity contribution is 5.99. The van der Waals surface area contributed by atoms with Crippen molar-refractivity contribution in [3.63, 3.8) is 0 Å². The molecule has 0 radical (unpaired) electrons. The fraction of sp³-hybridized carbons (Fsp3) is 0.158. The molecule has 3 rings (SSSR count). The Morgan fingerprint density at radius 1 is 1.00 bits per heavy atom. The van der Waals surface area contributed by atoms with Gasteiger partial charge >= 0.3 is 6.03 Å². The SMILES string of the molecule is Cc1cccc(Cn2cc(NC(=O)Nc3cccc(C)c3)cn2)c1. The van der Waals surface area contributed by atoms with Gasteiger partial charge in [0.15, 0.2) is 0 Å². The lowest BCUT2D eigenvalue weighted by Gasteiger charge is -2.06. The number of nitrogens with one attached hydrogen (secondary N) is 2. The fourth-order valence-corrected chi connectivity index (χ4v) is 2.53. The summed E-state index contributed by atoms with van der Waals surface area (Å²) in [6, 6.07) is 15.7. The van der Waals surface area contributed by atoms with Crippen LogP contribution in [0.4, 0.5) is 16.2 Å². The summed E-state index contributed by atoms with van der Waals surface area (Å²) >= 11 is 0. The van der Waals surface area contributed by atoms with Gasteiger partial charge in [-0.15, -0.1) is 0 Å². The second-order valence-electron chi connectivity index (χ2n) is 5.86. The van der Waals surface area contributed by atoms with Crippen LogP contribution in [0.2, 0.25) is 0 Å². The molecule has 0 unspecified atom stereocenters. The first-order valence-corrected chi connectivity index (χ1v) is 7.81. The molecule has 2 N–H and O–H groups in total. The molecule has 0 fully saturated rings. The van der Waals surface area contributed by atoms with Crippen LogP contribution in [0.25, 0.3) is 0 Å². The Kier molecular flexibility index (Phi) is 4.61. The van der Waals surface area contributed by atoms with E-state index in [0.717, 1.165) is 11.3 Å². The first-order chi connectivity index (χ1) is 11.6. The summed E-state index contributed by atoms with van der Waals surface area (Å²) in [6.45, 7) is 4.72. The Balaban J connectivity index is 1.60. The highest BCUT2D eigenvalue weighted by atomic mass is 16.2. The Hall–Kier alpha value is -3.08. The second-order valence-corrected chi connectivity index (χ2v) is 5.86. The van der Waals surface area contributed by atoms with Crippen LogP contribution in [0.5, 0.6) is 0 Å². The third-order valence-electron chi connectivity index (χ3n) is 3.59. The van der Waals surface area contributed by atoms with Crippen LogP contribution in [0.3, 0.4) is 0 Å². The summed E-state index contributed by atoms with van der Waals surface area (Å²) in [5.41, 5.74) is 4.91. The number of carbonyl (C=O) groups is 1. The number of anilines is 2. The molecule has 0 atom stereocenters. The molecule has 0 bridgehead atoms. The zero-order valence-electron chi connectivity index (χ0n) is 13.8. The van der Waals surface area contributed by atoms with Gasteiger partial charge < -0.3 is 10.6 Å². The normalized spacial score (nSPS) is 10.4. The van der Waals surface area contributed by atoms with Crippen molar-refractivity contribution in [3.05, 3.63) is 77.6 Å². The average molecular weight is 320 g/mol. The van der Waals surface area contributed by atoms with E-state index in [0.29, 0.717) is 12.2 Å². The van der Waals surface area contributed by atoms with E-state index in [1.807, 2.05) is 43.5 Å². The Bertz CT molecular complexity index is 854. The fourth-order valence-electron chi connectivity index (χ4n) is 2.53. The summed E-state index contributed by atoms with van der Waals surface area (Å²) < 4.78 is 1.80. The molecule has 0 aliphatic carbocycles. The summed E-state index contributed by atoms with van der Waals surface area (Å²) in [5, 5.41) is 9.89. The maximum atomic E-state index is 12.0. The number of aryl methyl sites for hydroxylation is 2. The van der Waals surface area contributed by atoms with Crippen LogP contribution < -0.4 is 10.6 Å². The van der Waals surface area contributed by atoms with Gasteiger partial charge in [-0.05, 0) is 37.1 Å². The maximum absolute atomic E-state index is 12.0. The third-order valence-corrected chi connectivity index (χ3v) is 3.59. The molecule has 0 saturated heterocycles. The van der Waals surface area contributed by atoms with Crippen LogP contribution >= 0.6 is 0 Å². The first kappa shape index (κ1) is 15.8. The highest BCUT2D eigenvalue weighted by Gasteiger charge is 2.05. The van der Waals surface area contributed by atoms with E-state index in [-0.39, 0.29) is 6.03 Å². The minimum absolute atomic E-state index is 0.282. The van der Waals surface area contributed by atoms with Crippen molar-refractivity contribution in [1.29, 1.82) is 0 Å². The first-order valence-electron chi connectivity index (χ1n) is 7.81. The van der Waals surface area contributed by atoms with Crippen LogP contribution in [0.1, 0.15) is 16.7 Å². The topological polar surface area (TPSA) is 59.0 Å². The lowest BCUT2D eigenvalue weighted by molar-refractivity contribution is 0.262. The number of aromatic nitrogens is 2. The van der Waals surface area contributed by atoms with Crippen LogP contribution in [-0.4, -0.2) is 15.8 Å². The predicted molar refractivity (Wildman–Crippen MR) is 96.3 cm³/mol. The molecule has 0 saturated carbocycles. The van der Waals surface area contributed by atoms with Crippen molar-refractivity contribution in [2.45, 2.75) is 20.4 Å². The zero-order valence-corrected chi connectivity index (χ0v) is 13.8. The van der Waals surface area contributed by atoms with Crippen LogP contribution in [0, 0.1) is 13.8 Å². The van der Waals surface area contributed by atoms with E-state index in [1.54, 1.807) is 10.9 Å². The molecular formula is C19H20N4O. The Morgan fingerprint density at radius 2 is 1.71 bits per heavy atom. The molecule has 24 heavy (non-hydrogen) atoms. The van der Waals surface area contributed by atoms with Gasteiger partial charge in [0.25, 0.3) is 0 Å². The maximum Gasteiger partial charge on any atom is 0.323 e. The number of nitrogens with zero attached hydrogens (tertiary/aromatic N) is 2. The minimum atomic E-state index is -0.282. The minimum Gasteiger partial charge on any atom is -0.308 e. The quantitative estimate of drug-likeness (QED) is 0.757. The summed E-state index contributed by atoms with van der Waals surface area (Å²) in [6.07, 6.45) is 3.46. The monoisotopic (exact) mass is 320 g/mol. The van der Waals surface area contributed by atoms with E-state index >= 15 is 0 Å². The molecule has 1 aromatic heterocycles. The van der Waals surface area contributed by atoms with Gasteiger partial charge in [0.05, 0.1) is 18.4 Å². The molecule has 5 heteroatoms. The predicted octanol–water partition coefficient (Wildman–Crippen LogP) is 4.19. The molecule has 0 spiro atoms. The standard InChI is InChI=1S/C19H20N4O/c1-14-5-3-7-16(9-14)12-23-13-18(11-20-23)22-19(24)21-17-8-4-6-15(2)10-17/h3-11,13H,12H2,1-2H3,(H2,21,22,24). The lowest BCUT2D eigenvalue weighted by Crippen LogP contribution is -2.19. The number of hydrogen-bond donors (Lipinski definition) is 2. The van der Waals surface area contributed by atoms with E-state index in [4.69, 9.17) is 0 Å². The molecule has 0 aliphatic rings. The van der Waals surface area contributed by atoms with Gasteiger partial charge in [-0.2, -0.15) is 5.10 Å². The molecule has 2 amide bonds. The number of urea groups is 1. The zero-order chi connectivity index (χ0) is 16.9.